The van der Waals surface area contributed by atoms with Crippen molar-refractivity contribution in [1.82, 2.24) is 5.32 Å². The molecule has 0 unspecified atom stereocenters. The summed E-state index contributed by atoms with van der Waals surface area (Å²) in [5.74, 6) is 0.862. The van der Waals surface area contributed by atoms with Crippen LogP contribution in [0.3, 0.4) is 0 Å². The van der Waals surface area contributed by atoms with Gasteiger partial charge in [-0.25, -0.2) is 0 Å². The van der Waals surface area contributed by atoms with Gasteiger partial charge in [0.25, 0.3) is 0 Å². The molecule has 82 valence electrons. The summed E-state index contributed by atoms with van der Waals surface area (Å²) in [7, 11) is 0. The van der Waals surface area contributed by atoms with E-state index in [0.29, 0.717) is 5.41 Å². The first-order chi connectivity index (χ1) is 7.07. The molecule has 15 heavy (non-hydrogen) atoms. The van der Waals surface area contributed by atoms with Gasteiger partial charge in [0.2, 0.25) is 0 Å². The average molecular weight is 203 g/mol. The third kappa shape index (κ3) is 2.82. The topological polar surface area (TPSA) is 12.0 Å². The molecule has 0 radical (unpaired) electrons. The van der Waals surface area contributed by atoms with E-state index < -0.39 is 0 Å². The zero-order valence-corrected chi connectivity index (χ0v) is 9.96. The molecule has 1 aliphatic rings. The van der Waals surface area contributed by atoms with Gasteiger partial charge >= 0.3 is 0 Å². The summed E-state index contributed by atoms with van der Waals surface area (Å²) in [5.41, 5.74) is 1.85. The van der Waals surface area contributed by atoms with Crippen LogP contribution in [0.25, 0.3) is 0 Å². The van der Waals surface area contributed by atoms with E-state index in [-0.39, 0.29) is 0 Å². The molecule has 1 saturated carbocycles. The Morgan fingerprint density at radius 2 is 1.87 bits per heavy atom. The van der Waals surface area contributed by atoms with E-state index in [1.807, 2.05) is 0 Å². The summed E-state index contributed by atoms with van der Waals surface area (Å²) in [5, 5.41) is 3.63. The summed E-state index contributed by atoms with van der Waals surface area (Å²) in [6.07, 6.45) is 1.34. The fraction of sp³-hybridized carbons (Fsp3) is 0.571. The zero-order chi connectivity index (χ0) is 10.9. The summed E-state index contributed by atoms with van der Waals surface area (Å²) in [4.78, 5) is 0. The van der Waals surface area contributed by atoms with E-state index in [0.717, 1.165) is 18.5 Å². The molecule has 0 aromatic heterocycles. The molecule has 1 aromatic rings. The molecule has 1 fully saturated rings. The van der Waals surface area contributed by atoms with Crippen LogP contribution in [0.4, 0.5) is 0 Å². The standard InChI is InChI=1S/C14H21N/c1-14(2,3)12-9-13(12)15-10-11-7-5-4-6-8-11/h4-8,12-13,15H,9-10H2,1-3H3/t12-,13-/m0/s1. The van der Waals surface area contributed by atoms with Gasteiger partial charge in [-0.05, 0) is 23.3 Å². The SMILES string of the molecule is CC(C)(C)[C@H]1C[C@@H]1NCc1ccccc1. The van der Waals surface area contributed by atoms with Gasteiger partial charge in [0.15, 0.2) is 0 Å². The van der Waals surface area contributed by atoms with Gasteiger partial charge in [0, 0.05) is 12.6 Å². The third-order valence-corrected chi connectivity index (χ3v) is 3.31. The Morgan fingerprint density at radius 3 is 2.40 bits per heavy atom. The zero-order valence-electron chi connectivity index (χ0n) is 9.96. The first-order valence-corrected chi connectivity index (χ1v) is 5.84. The maximum atomic E-state index is 3.63. The number of rotatable bonds is 3. The van der Waals surface area contributed by atoms with Gasteiger partial charge in [0.05, 0.1) is 0 Å². The molecule has 0 saturated heterocycles. The molecule has 0 bridgehead atoms. The highest BCUT2D eigenvalue weighted by atomic mass is 15.0. The molecule has 1 nitrogen and oxygen atoms in total. The highest BCUT2D eigenvalue weighted by molar-refractivity contribution is 5.15. The van der Waals surface area contributed by atoms with Crippen LogP contribution in [0.5, 0.6) is 0 Å². The van der Waals surface area contributed by atoms with Gasteiger partial charge < -0.3 is 5.32 Å². The van der Waals surface area contributed by atoms with Crippen LogP contribution in [-0.2, 0) is 6.54 Å². The molecular formula is C14H21N. The molecular weight excluding hydrogens is 182 g/mol. The number of hydrogen-bond acceptors (Lipinski definition) is 1. The molecule has 2 atom stereocenters. The molecule has 2 rings (SSSR count). The third-order valence-electron chi connectivity index (χ3n) is 3.31. The minimum absolute atomic E-state index is 0.467. The lowest BCUT2D eigenvalue weighted by Crippen LogP contribution is -2.22. The monoisotopic (exact) mass is 203 g/mol. The predicted octanol–water partition coefficient (Wildman–Crippen LogP) is 3.21. The van der Waals surface area contributed by atoms with Crippen LogP contribution in [-0.4, -0.2) is 6.04 Å². The van der Waals surface area contributed by atoms with Crippen LogP contribution in [0.1, 0.15) is 32.8 Å². The minimum Gasteiger partial charge on any atom is -0.310 e. The number of nitrogens with one attached hydrogen (secondary N) is 1. The van der Waals surface area contributed by atoms with Crippen molar-refractivity contribution in [3.63, 3.8) is 0 Å². The molecule has 0 aliphatic heterocycles. The minimum atomic E-state index is 0.467. The maximum Gasteiger partial charge on any atom is 0.0208 e. The Kier molecular flexibility index (Phi) is 2.83. The van der Waals surface area contributed by atoms with Gasteiger partial charge in [0.1, 0.15) is 0 Å². The second-order valence-corrected chi connectivity index (χ2v) is 5.68. The smallest absolute Gasteiger partial charge is 0.0208 e. The summed E-state index contributed by atoms with van der Waals surface area (Å²) >= 11 is 0. The van der Waals surface area contributed by atoms with Crippen LogP contribution < -0.4 is 5.32 Å². The Labute approximate surface area is 92.9 Å². The quantitative estimate of drug-likeness (QED) is 0.795. The summed E-state index contributed by atoms with van der Waals surface area (Å²) in [6, 6.07) is 11.4. The van der Waals surface area contributed by atoms with Crippen LogP contribution >= 0.6 is 0 Å². The van der Waals surface area contributed by atoms with Crippen molar-refractivity contribution < 1.29 is 0 Å². The molecule has 1 N–H and O–H groups in total. The van der Waals surface area contributed by atoms with Crippen molar-refractivity contribution in [1.29, 1.82) is 0 Å². The fourth-order valence-corrected chi connectivity index (χ4v) is 2.22. The predicted molar refractivity (Wildman–Crippen MR) is 64.6 cm³/mol. The molecule has 1 heteroatoms. The van der Waals surface area contributed by atoms with E-state index in [9.17, 15) is 0 Å². The molecule has 1 aliphatic carbocycles. The average Bonchev–Trinajstić information content (AvgIpc) is 2.95. The lowest BCUT2D eigenvalue weighted by Gasteiger charge is -2.18. The van der Waals surface area contributed by atoms with Gasteiger partial charge in [-0.3, -0.25) is 0 Å². The van der Waals surface area contributed by atoms with Crippen molar-refractivity contribution in [3.05, 3.63) is 35.9 Å². The van der Waals surface area contributed by atoms with Crippen molar-refractivity contribution in [3.8, 4) is 0 Å². The van der Waals surface area contributed by atoms with Crippen molar-refractivity contribution in [2.75, 3.05) is 0 Å². The molecule has 1 aromatic carbocycles. The molecule has 0 amide bonds. The van der Waals surface area contributed by atoms with Crippen molar-refractivity contribution in [2.24, 2.45) is 11.3 Å². The summed E-state index contributed by atoms with van der Waals surface area (Å²) in [6.45, 7) is 8.02. The second-order valence-electron chi connectivity index (χ2n) is 5.68. The van der Waals surface area contributed by atoms with Gasteiger partial charge in [-0.15, -0.1) is 0 Å². The number of benzene rings is 1. The maximum absolute atomic E-state index is 3.63. The lowest BCUT2D eigenvalue weighted by molar-refractivity contribution is 0.333. The highest BCUT2D eigenvalue weighted by Gasteiger charge is 2.44. The van der Waals surface area contributed by atoms with Gasteiger partial charge in [-0.1, -0.05) is 51.1 Å². The highest BCUT2D eigenvalue weighted by Crippen LogP contribution is 2.45. The lowest BCUT2D eigenvalue weighted by atomic mass is 9.90. The first kappa shape index (κ1) is 10.7. The number of hydrogen-bond donors (Lipinski definition) is 1. The van der Waals surface area contributed by atoms with Gasteiger partial charge in [-0.2, -0.15) is 0 Å². The van der Waals surface area contributed by atoms with Crippen LogP contribution in [0, 0.1) is 11.3 Å². The van der Waals surface area contributed by atoms with Crippen molar-refractivity contribution >= 4 is 0 Å². The Balaban J connectivity index is 1.78. The fourth-order valence-electron chi connectivity index (χ4n) is 2.22. The van der Waals surface area contributed by atoms with E-state index in [1.165, 1.54) is 12.0 Å². The summed E-state index contributed by atoms with van der Waals surface area (Å²) < 4.78 is 0. The first-order valence-electron chi connectivity index (χ1n) is 5.84. The van der Waals surface area contributed by atoms with Crippen LogP contribution in [0.2, 0.25) is 0 Å². The largest absolute Gasteiger partial charge is 0.310 e. The Morgan fingerprint density at radius 1 is 1.20 bits per heavy atom. The second kappa shape index (κ2) is 3.97. The van der Waals surface area contributed by atoms with Crippen LogP contribution in [0.15, 0.2) is 30.3 Å². The Hall–Kier alpha value is -0.820. The molecule has 0 heterocycles. The van der Waals surface area contributed by atoms with Crippen molar-refractivity contribution in [2.45, 2.75) is 39.8 Å². The van der Waals surface area contributed by atoms with E-state index >= 15 is 0 Å². The Bertz CT molecular complexity index is 310. The normalized spacial score (nSPS) is 25.3. The van der Waals surface area contributed by atoms with E-state index in [2.05, 4.69) is 56.4 Å². The van der Waals surface area contributed by atoms with E-state index in [1.54, 1.807) is 0 Å². The molecule has 0 spiro atoms. The van der Waals surface area contributed by atoms with E-state index in [4.69, 9.17) is 0 Å².